The molecule has 0 amide bonds. The first-order chi connectivity index (χ1) is 10.4. The van der Waals surface area contributed by atoms with Gasteiger partial charge in [0.2, 0.25) is 0 Å². The molecule has 2 aliphatic rings. The highest BCUT2D eigenvalue weighted by molar-refractivity contribution is 5.71. The van der Waals surface area contributed by atoms with Crippen molar-refractivity contribution in [1.29, 1.82) is 0 Å². The van der Waals surface area contributed by atoms with Crippen LogP contribution in [0.2, 0.25) is 0 Å². The van der Waals surface area contributed by atoms with E-state index in [1.807, 2.05) is 0 Å². The predicted molar refractivity (Wildman–Crippen MR) is 89.2 cm³/mol. The van der Waals surface area contributed by atoms with Gasteiger partial charge in [0, 0.05) is 11.7 Å². The second kappa shape index (κ2) is 5.94. The van der Waals surface area contributed by atoms with E-state index in [1.165, 1.54) is 31.2 Å². The van der Waals surface area contributed by atoms with E-state index in [2.05, 4.69) is 43.4 Å². The van der Waals surface area contributed by atoms with Crippen molar-refractivity contribution in [3.8, 4) is 0 Å². The Morgan fingerprint density at radius 2 is 1.73 bits per heavy atom. The number of anilines is 1. The first kappa shape index (κ1) is 15.4. The summed E-state index contributed by atoms with van der Waals surface area (Å²) in [4.78, 5) is 10.8. The minimum atomic E-state index is -0.659. The number of carboxylic acids is 1. The molecule has 1 aromatic carbocycles. The van der Waals surface area contributed by atoms with Crippen LogP contribution in [0.25, 0.3) is 0 Å². The highest BCUT2D eigenvalue weighted by Crippen LogP contribution is 2.42. The lowest BCUT2D eigenvalue weighted by Crippen LogP contribution is -2.39. The number of carbonyl (C=O) groups is 1. The molecule has 3 rings (SSSR count). The summed E-state index contributed by atoms with van der Waals surface area (Å²) in [6, 6.07) is 9.13. The average molecular weight is 301 g/mol. The summed E-state index contributed by atoms with van der Waals surface area (Å²) in [6.07, 6.45) is 6.71. The van der Waals surface area contributed by atoms with Crippen molar-refractivity contribution in [2.45, 2.75) is 64.3 Å². The second-order valence-electron chi connectivity index (χ2n) is 7.91. The van der Waals surface area contributed by atoms with Crippen LogP contribution in [0.4, 0.5) is 5.69 Å². The second-order valence-corrected chi connectivity index (χ2v) is 7.91. The summed E-state index contributed by atoms with van der Waals surface area (Å²) in [5.74, 6) is -0.0989. The zero-order chi connectivity index (χ0) is 15.7. The van der Waals surface area contributed by atoms with Crippen LogP contribution in [0.1, 0.15) is 63.9 Å². The zero-order valence-electron chi connectivity index (χ0n) is 13.6. The Balaban J connectivity index is 1.52. The van der Waals surface area contributed by atoms with E-state index in [1.54, 1.807) is 0 Å². The lowest BCUT2D eigenvalue weighted by molar-refractivity contribution is -0.144. The summed E-state index contributed by atoms with van der Waals surface area (Å²) >= 11 is 0. The summed E-state index contributed by atoms with van der Waals surface area (Å²) < 4.78 is 0. The van der Waals surface area contributed by atoms with Crippen molar-refractivity contribution in [3.05, 3.63) is 29.8 Å². The van der Waals surface area contributed by atoms with Gasteiger partial charge in [-0.05, 0) is 67.6 Å². The number of rotatable bonds is 4. The van der Waals surface area contributed by atoms with Gasteiger partial charge in [-0.25, -0.2) is 0 Å². The molecule has 0 heterocycles. The van der Waals surface area contributed by atoms with Gasteiger partial charge in [0.15, 0.2) is 0 Å². The largest absolute Gasteiger partial charge is 0.481 e. The highest BCUT2D eigenvalue weighted by Gasteiger charge is 2.34. The molecule has 0 atom stereocenters. The lowest BCUT2D eigenvalue weighted by atomic mass is 9.71. The van der Waals surface area contributed by atoms with Crippen LogP contribution >= 0.6 is 0 Å². The third kappa shape index (κ3) is 3.45. The minimum absolute atomic E-state index is 0.151. The van der Waals surface area contributed by atoms with E-state index in [4.69, 9.17) is 5.11 Å². The van der Waals surface area contributed by atoms with Gasteiger partial charge < -0.3 is 10.4 Å². The van der Waals surface area contributed by atoms with Gasteiger partial charge in [-0.2, -0.15) is 0 Å². The molecule has 120 valence electrons. The Bertz CT molecular complexity index is 519. The number of hydrogen-bond donors (Lipinski definition) is 2. The van der Waals surface area contributed by atoms with Crippen molar-refractivity contribution >= 4 is 11.7 Å². The normalized spacial score (nSPS) is 27.9. The van der Waals surface area contributed by atoms with E-state index in [0.717, 1.165) is 18.5 Å². The molecule has 0 unspecified atom stereocenters. The fraction of sp³-hybridized carbons (Fsp3) is 0.632. The fourth-order valence-corrected chi connectivity index (χ4v) is 3.76. The average Bonchev–Trinajstić information content (AvgIpc) is 2.43. The van der Waals surface area contributed by atoms with E-state index >= 15 is 0 Å². The Morgan fingerprint density at radius 3 is 2.27 bits per heavy atom. The molecule has 2 fully saturated rings. The number of hydrogen-bond acceptors (Lipinski definition) is 2. The van der Waals surface area contributed by atoms with Crippen LogP contribution < -0.4 is 5.32 Å². The molecule has 3 heteroatoms. The standard InChI is InChI=1S/C19H27NO2/c1-19(2)9-7-14(8-10-19)13-3-5-16(6-4-13)20-17-11-15(12-17)18(21)22/h3-6,14-15,17,20H,7-12H2,1-2H3,(H,21,22). The van der Waals surface area contributed by atoms with Crippen LogP contribution in [0.15, 0.2) is 24.3 Å². The summed E-state index contributed by atoms with van der Waals surface area (Å²) in [5.41, 5.74) is 3.09. The number of carboxylic acid groups (broad SMARTS) is 1. The molecule has 2 saturated carbocycles. The monoisotopic (exact) mass is 301 g/mol. The van der Waals surface area contributed by atoms with Gasteiger partial charge in [0.05, 0.1) is 5.92 Å². The van der Waals surface area contributed by atoms with Crippen molar-refractivity contribution in [3.63, 3.8) is 0 Å². The molecular weight excluding hydrogens is 274 g/mol. The number of benzene rings is 1. The van der Waals surface area contributed by atoms with Gasteiger partial charge in [-0.15, -0.1) is 0 Å². The quantitative estimate of drug-likeness (QED) is 0.851. The molecule has 1 aromatic rings. The molecule has 0 saturated heterocycles. The van der Waals surface area contributed by atoms with Gasteiger partial charge in [-0.1, -0.05) is 26.0 Å². The third-order valence-corrected chi connectivity index (χ3v) is 5.58. The molecule has 0 spiro atoms. The van der Waals surface area contributed by atoms with Gasteiger partial charge in [-0.3, -0.25) is 4.79 Å². The zero-order valence-corrected chi connectivity index (χ0v) is 13.6. The Labute approximate surface area is 133 Å². The SMILES string of the molecule is CC1(C)CCC(c2ccc(NC3CC(C(=O)O)C3)cc2)CC1. The van der Waals surface area contributed by atoms with Crippen LogP contribution in [-0.4, -0.2) is 17.1 Å². The van der Waals surface area contributed by atoms with Gasteiger partial charge in [0.25, 0.3) is 0 Å². The van der Waals surface area contributed by atoms with Crippen LogP contribution in [-0.2, 0) is 4.79 Å². The molecule has 22 heavy (non-hydrogen) atoms. The number of aliphatic carboxylic acids is 1. The molecular formula is C19H27NO2. The smallest absolute Gasteiger partial charge is 0.306 e. The molecule has 0 aromatic heterocycles. The maximum absolute atomic E-state index is 10.8. The predicted octanol–water partition coefficient (Wildman–Crippen LogP) is 4.65. The maximum Gasteiger partial charge on any atom is 0.306 e. The van der Waals surface area contributed by atoms with E-state index in [0.29, 0.717) is 17.4 Å². The van der Waals surface area contributed by atoms with Crippen LogP contribution in [0.5, 0.6) is 0 Å². The summed E-state index contributed by atoms with van der Waals surface area (Å²) in [6.45, 7) is 4.75. The van der Waals surface area contributed by atoms with Crippen molar-refractivity contribution in [2.75, 3.05) is 5.32 Å². The highest BCUT2D eigenvalue weighted by atomic mass is 16.4. The topological polar surface area (TPSA) is 49.3 Å². The number of nitrogens with one attached hydrogen (secondary N) is 1. The van der Waals surface area contributed by atoms with E-state index in [-0.39, 0.29) is 5.92 Å². The van der Waals surface area contributed by atoms with Crippen LogP contribution in [0, 0.1) is 11.3 Å². The molecule has 3 nitrogen and oxygen atoms in total. The van der Waals surface area contributed by atoms with Gasteiger partial charge >= 0.3 is 5.97 Å². The van der Waals surface area contributed by atoms with Crippen LogP contribution in [0.3, 0.4) is 0 Å². The Hall–Kier alpha value is -1.51. The molecule has 0 radical (unpaired) electrons. The fourth-order valence-electron chi connectivity index (χ4n) is 3.76. The molecule has 0 aliphatic heterocycles. The molecule has 0 bridgehead atoms. The van der Waals surface area contributed by atoms with Crippen molar-refractivity contribution < 1.29 is 9.90 Å². The van der Waals surface area contributed by atoms with Crippen molar-refractivity contribution in [1.82, 2.24) is 0 Å². The summed E-state index contributed by atoms with van der Waals surface area (Å²) in [7, 11) is 0. The van der Waals surface area contributed by atoms with E-state index < -0.39 is 5.97 Å². The van der Waals surface area contributed by atoms with Gasteiger partial charge in [0.1, 0.15) is 0 Å². The minimum Gasteiger partial charge on any atom is -0.481 e. The Morgan fingerprint density at radius 1 is 1.14 bits per heavy atom. The van der Waals surface area contributed by atoms with Crippen molar-refractivity contribution in [2.24, 2.45) is 11.3 Å². The Kier molecular flexibility index (Phi) is 4.16. The lowest BCUT2D eigenvalue weighted by Gasteiger charge is -2.35. The first-order valence-electron chi connectivity index (χ1n) is 8.52. The molecule has 2 aliphatic carbocycles. The third-order valence-electron chi connectivity index (χ3n) is 5.58. The maximum atomic E-state index is 10.8. The summed E-state index contributed by atoms with van der Waals surface area (Å²) in [5, 5.41) is 12.3. The molecule has 2 N–H and O–H groups in total. The first-order valence-corrected chi connectivity index (χ1v) is 8.52. The van der Waals surface area contributed by atoms with E-state index in [9.17, 15) is 4.79 Å².